The predicted octanol–water partition coefficient (Wildman–Crippen LogP) is 2.62. The first kappa shape index (κ1) is 14.9. The van der Waals surface area contributed by atoms with Crippen molar-refractivity contribution in [3.8, 4) is 5.75 Å². The molecular weight excluding hydrogens is 250 g/mol. The Morgan fingerprint density at radius 2 is 2.05 bits per heavy atom. The average Bonchev–Trinajstić information content (AvgIpc) is 2.28. The van der Waals surface area contributed by atoms with E-state index in [9.17, 15) is 14.9 Å². The normalized spacial score (nSPS) is 10.9. The van der Waals surface area contributed by atoms with Crippen LogP contribution >= 0.6 is 0 Å². The van der Waals surface area contributed by atoms with Crippen LogP contribution in [0.2, 0.25) is 0 Å². The van der Waals surface area contributed by atoms with Crippen LogP contribution in [-0.4, -0.2) is 23.1 Å². The maximum Gasteiger partial charge on any atom is 0.349 e. The number of hydrogen-bond donors (Lipinski definition) is 0. The van der Waals surface area contributed by atoms with Crippen molar-refractivity contribution in [3.63, 3.8) is 0 Å². The molecule has 19 heavy (non-hydrogen) atoms. The molecule has 1 aromatic rings. The number of ether oxygens (including phenoxy) is 2. The van der Waals surface area contributed by atoms with Gasteiger partial charge in [0, 0.05) is 11.6 Å². The van der Waals surface area contributed by atoms with Crippen LogP contribution in [0.5, 0.6) is 5.75 Å². The Morgan fingerprint density at radius 3 is 2.53 bits per heavy atom. The minimum Gasteiger partial charge on any atom is -0.476 e. The molecule has 6 nitrogen and oxygen atoms in total. The molecule has 104 valence electrons. The SMILES string of the molecule is CCOC(=O)C(C)(C)Oc1ccc([N+](=O)[O-])c(C)c1. The van der Waals surface area contributed by atoms with E-state index in [0.717, 1.165) is 0 Å². The van der Waals surface area contributed by atoms with Crippen molar-refractivity contribution in [3.05, 3.63) is 33.9 Å². The molecule has 0 fully saturated rings. The van der Waals surface area contributed by atoms with Gasteiger partial charge in [0.1, 0.15) is 5.75 Å². The number of hydrogen-bond acceptors (Lipinski definition) is 5. The third kappa shape index (κ3) is 3.67. The monoisotopic (exact) mass is 267 g/mol. The molecule has 1 aromatic carbocycles. The summed E-state index contributed by atoms with van der Waals surface area (Å²) in [5.41, 5.74) is -0.651. The summed E-state index contributed by atoms with van der Waals surface area (Å²) in [7, 11) is 0. The van der Waals surface area contributed by atoms with Gasteiger partial charge in [-0.05, 0) is 39.8 Å². The molecule has 0 aliphatic heterocycles. The highest BCUT2D eigenvalue weighted by atomic mass is 16.6. The fraction of sp³-hybridized carbons (Fsp3) is 0.462. The van der Waals surface area contributed by atoms with Crippen molar-refractivity contribution in [2.45, 2.75) is 33.3 Å². The van der Waals surface area contributed by atoms with Crippen LogP contribution in [0.15, 0.2) is 18.2 Å². The highest BCUT2D eigenvalue weighted by Gasteiger charge is 2.31. The van der Waals surface area contributed by atoms with Crippen LogP contribution in [0.25, 0.3) is 0 Å². The number of nitro groups is 1. The lowest BCUT2D eigenvalue weighted by atomic mass is 10.1. The fourth-order valence-corrected chi connectivity index (χ4v) is 1.54. The lowest BCUT2D eigenvalue weighted by Gasteiger charge is -2.24. The standard InChI is InChI=1S/C13H17NO5/c1-5-18-12(15)13(3,4)19-10-6-7-11(14(16)17)9(2)8-10/h6-8H,5H2,1-4H3. The van der Waals surface area contributed by atoms with Crippen molar-refractivity contribution < 1.29 is 19.2 Å². The van der Waals surface area contributed by atoms with Crippen molar-refractivity contribution in [2.24, 2.45) is 0 Å². The molecule has 0 unspecified atom stereocenters. The zero-order valence-electron chi connectivity index (χ0n) is 11.4. The molecular formula is C13H17NO5. The average molecular weight is 267 g/mol. The summed E-state index contributed by atoms with van der Waals surface area (Å²) in [5.74, 6) is -0.0906. The first-order valence-corrected chi connectivity index (χ1v) is 5.89. The van der Waals surface area contributed by atoms with Crippen LogP contribution in [0.3, 0.4) is 0 Å². The van der Waals surface area contributed by atoms with Crippen LogP contribution < -0.4 is 4.74 Å². The summed E-state index contributed by atoms with van der Waals surface area (Å²) in [6.45, 7) is 6.76. The van der Waals surface area contributed by atoms with Gasteiger partial charge in [-0.1, -0.05) is 0 Å². The molecule has 0 aliphatic carbocycles. The maximum atomic E-state index is 11.7. The van der Waals surface area contributed by atoms with Crippen molar-refractivity contribution >= 4 is 11.7 Å². The quantitative estimate of drug-likeness (QED) is 0.465. The van der Waals surface area contributed by atoms with Gasteiger partial charge in [0.05, 0.1) is 11.5 Å². The Morgan fingerprint density at radius 1 is 1.42 bits per heavy atom. The van der Waals surface area contributed by atoms with Crippen LogP contribution in [-0.2, 0) is 9.53 Å². The Labute approximate surface area is 111 Å². The maximum absolute atomic E-state index is 11.7. The van der Waals surface area contributed by atoms with E-state index in [4.69, 9.17) is 9.47 Å². The highest BCUT2D eigenvalue weighted by Crippen LogP contribution is 2.26. The minimum atomic E-state index is -1.14. The Balaban J connectivity index is 2.91. The van der Waals surface area contributed by atoms with Crippen molar-refractivity contribution in [2.75, 3.05) is 6.61 Å². The molecule has 0 aromatic heterocycles. The molecule has 0 heterocycles. The summed E-state index contributed by atoms with van der Waals surface area (Å²) in [5, 5.41) is 10.7. The smallest absolute Gasteiger partial charge is 0.349 e. The molecule has 0 bridgehead atoms. The molecule has 0 aliphatic rings. The molecule has 6 heteroatoms. The first-order valence-electron chi connectivity index (χ1n) is 5.89. The number of carbonyl (C=O) groups excluding carboxylic acids is 1. The number of nitrogens with zero attached hydrogens (tertiary/aromatic N) is 1. The van der Waals surface area contributed by atoms with Gasteiger partial charge in [-0.15, -0.1) is 0 Å². The number of rotatable bonds is 5. The summed E-state index contributed by atoms with van der Waals surface area (Å²) in [6.07, 6.45) is 0. The van der Waals surface area contributed by atoms with Gasteiger partial charge < -0.3 is 9.47 Å². The van der Waals surface area contributed by atoms with E-state index >= 15 is 0 Å². The van der Waals surface area contributed by atoms with Gasteiger partial charge in [0.25, 0.3) is 5.69 Å². The van der Waals surface area contributed by atoms with E-state index in [2.05, 4.69) is 0 Å². The number of aryl methyl sites for hydroxylation is 1. The molecule has 0 spiro atoms. The van der Waals surface area contributed by atoms with Crippen LogP contribution in [0, 0.1) is 17.0 Å². The molecule has 0 saturated carbocycles. The van der Waals surface area contributed by atoms with Crippen LogP contribution in [0.1, 0.15) is 26.3 Å². The predicted molar refractivity (Wildman–Crippen MR) is 69.2 cm³/mol. The highest BCUT2D eigenvalue weighted by molar-refractivity contribution is 5.79. The third-order valence-corrected chi connectivity index (χ3v) is 2.50. The second kappa shape index (κ2) is 5.69. The van der Waals surface area contributed by atoms with Crippen molar-refractivity contribution in [1.29, 1.82) is 0 Å². The molecule has 1 rings (SSSR count). The Bertz CT molecular complexity index is 496. The lowest BCUT2D eigenvalue weighted by Crippen LogP contribution is -2.39. The summed E-state index contributed by atoms with van der Waals surface area (Å²) in [6, 6.07) is 4.34. The third-order valence-electron chi connectivity index (χ3n) is 2.50. The van der Waals surface area contributed by atoms with Gasteiger partial charge >= 0.3 is 5.97 Å². The molecule has 0 saturated heterocycles. The van der Waals surface area contributed by atoms with E-state index in [1.165, 1.54) is 18.2 Å². The zero-order chi connectivity index (χ0) is 14.6. The van der Waals surface area contributed by atoms with Gasteiger partial charge in [-0.25, -0.2) is 4.79 Å². The molecule has 0 N–H and O–H groups in total. The topological polar surface area (TPSA) is 78.7 Å². The number of esters is 1. The summed E-state index contributed by atoms with van der Waals surface area (Å²) >= 11 is 0. The summed E-state index contributed by atoms with van der Waals surface area (Å²) in [4.78, 5) is 21.9. The summed E-state index contributed by atoms with van der Waals surface area (Å²) < 4.78 is 10.4. The molecule has 0 amide bonds. The van der Waals surface area contributed by atoms with E-state index in [1.54, 1.807) is 27.7 Å². The Hall–Kier alpha value is -2.11. The minimum absolute atomic E-state index is 0.0151. The van der Waals surface area contributed by atoms with E-state index in [1.807, 2.05) is 0 Å². The van der Waals surface area contributed by atoms with Gasteiger partial charge in [0.15, 0.2) is 5.60 Å². The largest absolute Gasteiger partial charge is 0.476 e. The first-order chi connectivity index (χ1) is 8.77. The second-order valence-corrected chi connectivity index (χ2v) is 4.54. The number of benzene rings is 1. The Kier molecular flexibility index (Phi) is 4.47. The number of carbonyl (C=O) groups is 1. The fourth-order valence-electron chi connectivity index (χ4n) is 1.54. The van der Waals surface area contributed by atoms with E-state index in [0.29, 0.717) is 11.3 Å². The van der Waals surface area contributed by atoms with E-state index in [-0.39, 0.29) is 12.3 Å². The van der Waals surface area contributed by atoms with E-state index < -0.39 is 16.5 Å². The van der Waals surface area contributed by atoms with Crippen molar-refractivity contribution in [1.82, 2.24) is 0 Å². The van der Waals surface area contributed by atoms with Gasteiger partial charge in [0.2, 0.25) is 0 Å². The molecule has 0 radical (unpaired) electrons. The van der Waals surface area contributed by atoms with Gasteiger partial charge in [-0.2, -0.15) is 0 Å². The second-order valence-electron chi connectivity index (χ2n) is 4.54. The number of nitro benzene ring substituents is 1. The van der Waals surface area contributed by atoms with Gasteiger partial charge in [-0.3, -0.25) is 10.1 Å². The zero-order valence-corrected chi connectivity index (χ0v) is 11.4. The molecule has 0 atom stereocenters. The van der Waals surface area contributed by atoms with Crippen LogP contribution in [0.4, 0.5) is 5.69 Å². The lowest BCUT2D eigenvalue weighted by molar-refractivity contribution is -0.385.